The van der Waals surface area contributed by atoms with Gasteiger partial charge in [-0.1, -0.05) is 17.7 Å². The summed E-state index contributed by atoms with van der Waals surface area (Å²) in [6.45, 7) is 2.02. The standard InChI is InChI=1S/C22H17ClN2O2S/c1-14-2-11-20-19(12-14)25-22(27-20)15-3-7-17(8-4-15)24-21(26)13-28-18-9-5-16(23)6-10-18/h2-12H,13H2,1H3,(H,24,26). The summed E-state index contributed by atoms with van der Waals surface area (Å²) in [7, 11) is 0. The second-order valence-corrected chi connectivity index (χ2v) is 7.84. The first-order valence-corrected chi connectivity index (χ1v) is 10.1. The van der Waals surface area contributed by atoms with Crippen molar-refractivity contribution in [1.82, 2.24) is 4.98 Å². The fraction of sp³-hybridized carbons (Fsp3) is 0.0909. The molecule has 0 saturated heterocycles. The minimum Gasteiger partial charge on any atom is -0.436 e. The van der Waals surface area contributed by atoms with E-state index in [0.717, 1.165) is 32.8 Å². The van der Waals surface area contributed by atoms with Crippen LogP contribution in [0.15, 0.2) is 76.0 Å². The quantitative estimate of drug-likeness (QED) is 0.400. The summed E-state index contributed by atoms with van der Waals surface area (Å²) in [5, 5.41) is 3.58. The van der Waals surface area contributed by atoms with Crippen LogP contribution in [0.5, 0.6) is 0 Å². The van der Waals surface area contributed by atoms with E-state index in [-0.39, 0.29) is 5.91 Å². The van der Waals surface area contributed by atoms with Crippen LogP contribution in [0.3, 0.4) is 0 Å². The molecule has 0 fully saturated rings. The normalized spacial score (nSPS) is 10.9. The van der Waals surface area contributed by atoms with Crippen molar-refractivity contribution < 1.29 is 9.21 Å². The molecule has 0 unspecified atom stereocenters. The van der Waals surface area contributed by atoms with E-state index in [9.17, 15) is 4.79 Å². The molecular weight excluding hydrogens is 392 g/mol. The maximum Gasteiger partial charge on any atom is 0.234 e. The van der Waals surface area contributed by atoms with Gasteiger partial charge in [0, 0.05) is 21.2 Å². The lowest BCUT2D eigenvalue weighted by Gasteiger charge is -2.06. The van der Waals surface area contributed by atoms with Gasteiger partial charge in [-0.2, -0.15) is 0 Å². The van der Waals surface area contributed by atoms with Crippen molar-refractivity contribution >= 4 is 46.1 Å². The number of benzene rings is 3. The van der Waals surface area contributed by atoms with E-state index in [4.69, 9.17) is 16.0 Å². The van der Waals surface area contributed by atoms with Gasteiger partial charge in [0.2, 0.25) is 11.8 Å². The van der Waals surface area contributed by atoms with Crippen molar-refractivity contribution in [3.63, 3.8) is 0 Å². The second-order valence-electron chi connectivity index (χ2n) is 6.36. The van der Waals surface area contributed by atoms with E-state index < -0.39 is 0 Å². The van der Waals surface area contributed by atoms with Gasteiger partial charge in [-0.3, -0.25) is 4.79 Å². The van der Waals surface area contributed by atoms with Crippen molar-refractivity contribution in [2.24, 2.45) is 0 Å². The summed E-state index contributed by atoms with van der Waals surface area (Å²) >= 11 is 7.33. The lowest BCUT2D eigenvalue weighted by Crippen LogP contribution is -2.13. The highest BCUT2D eigenvalue weighted by atomic mass is 35.5. The van der Waals surface area contributed by atoms with Gasteiger partial charge in [-0.15, -0.1) is 11.8 Å². The van der Waals surface area contributed by atoms with Gasteiger partial charge in [-0.25, -0.2) is 4.98 Å². The summed E-state index contributed by atoms with van der Waals surface area (Å²) in [5.74, 6) is 0.829. The number of hydrogen-bond acceptors (Lipinski definition) is 4. The average Bonchev–Trinajstić information content (AvgIpc) is 3.11. The Hall–Kier alpha value is -2.76. The minimum absolute atomic E-state index is 0.0648. The molecule has 140 valence electrons. The van der Waals surface area contributed by atoms with Gasteiger partial charge < -0.3 is 9.73 Å². The number of rotatable bonds is 5. The molecule has 0 aliphatic carbocycles. The molecule has 4 rings (SSSR count). The monoisotopic (exact) mass is 408 g/mol. The maximum absolute atomic E-state index is 12.2. The summed E-state index contributed by atoms with van der Waals surface area (Å²) in [6.07, 6.45) is 0. The minimum atomic E-state index is -0.0648. The van der Waals surface area contributed by atoms with Gasteiger partial charge in [0.05, 0.1) is 5.75 Å². The van der Waals surface area contributed by atoms with E-state index in [1.807, 2.05) is 73.7 Å². The van der Waals surface area contributed by atoms with Crippen molar-refractivity contribution in [2.75, 3.05) is 11.1 Å². The zero-order valence-corrected chi connectivity index (χ0v) is 16.7. The van der Waals surface area contributed by atoms with Gasteiger partial charge in [0.1, 0.15) is 5.52 Å². The summed E-state index contributed by atoms with van der Waals surface area (Å²) in [5.41, 5.74) is 4.34. The molecule has 4 nitrogen and oxygen atoms in total. The first kappa shape index (κ1) is 18.6. The van der Waals surface area contributed by atoms with Crippen LogP contribution in [0.25, 0.3) is 22.6 Å². The molecule has 1 N–H and O–H groups in total. The Morgan fingerprint density at radius 2 is 1.82 bits per heavy atom. The molecule has 1 heterocycles. The first-order chi connectivity index (χ1) is 13.6. The number of carbonyl (C=O) groups is 1. The number of fused-ring (bicyclic) bond motifs is 1. The zero-order valence-electron chi connectivity index (χ0n) is 15.1. The van der Waals surface area contributed by atoms with Crippen molar-refractivity contribution in [3.05, 3.63) is 77.3 Å². The lowest BCUT2D eigenvalue weighted by molar-refractivity contribution is -0.113. The number of anilines is 1. The molecule has 1 aromatic heterocycles. The topological polar surface area (TPSA) is 55.1 Å². The molecule has 4 aromatic rings. The zero-order chi connectivity index (χ0) is 19.5. The number of nitrogens with zero attached hydrogens (tertiary/aromatic N) is 1. The SMILES string of the molecule is Cc1ccc2oc(-c3ccc(NC(=O)CSc4ccc(Cl)cc4)cc3)nc2c1. The third-order valence-corrected chi connectivity index (χ3v) is 5.41. The number of aromatic nitrogens is 1. The van der Waals surface area contributed by atoms with Crippen LogP contribution >= 0.6 is 23.4 Å². The number of thioether (sulfide) groups is 1. The molecule has 0 spiro atoms. The average molecular weight is 409 g/mol. The van der Waals surface area contributed by atoms with E-state index in [1.165, 1.54) is 11.8 Å². The summed E-state index contributed by atoms with van der Waals surface area (Å²) in [6, 6.07) is 20.8. The highest BCUT2D eigenvalue weighted by molar-refractivity contribution is 8.00. The Morgan fingerprint density at radius 3 is 2.57 bits per heavy atom. The van der Waals surface area contributed by atoms with Gasteiger partial charge >= 0.3 is 0 Å². The number of aryl methyl sites for hydroxylation is 1. The van der Waals surface area contributed by atoms with Crippen LogP contribution in [-0.4, -0.2) is 16.6 Å². The summed E-state index contributed by atoms with van der Waals surface area (Å²) < 4.78 is 5.81. The molecular formula is C22H17ClN2O2S. The van der Waals surface area contributed by atoms with Gasteiger partial charge in [0.15, 0.2) is 5.58 Å². The van der Waals surface area contributed by atoms with Crippen LogP contribution < -0.4 is 5.32 Å². The maximum atomic E-state index is 12.2. The number of carbonyl (C=O) groups excluding carboxylic acids is 1. The van der Waals surface area contributed by atoms with Crippen LogP contribution in [-0.2, 0) is 4.79 Å². The van der Waals surface area contributed by atoms with E-state index in [0.29, 0.717) is 16.7 Å². The van der Waals surface area contributed by atoms with Crippen molar-refractivity contribution in [3.8, 4) is 11.5 Å². The van der Waals surface area contributed by atoms with Crippen molar-refractivity contribution in [1.29, 1.82) is 0 Å². The number of halogens is 1. The number of nitrogens with one attached hydrogen (secondary N) is 1. The predicted octanol–water partition coefficient (Wildman–Crippen LogP) is 6.19. The predicted molar refractivity (Wildman–Crippen MR) is 115 cm³/mol. The molecule has 28 heavy (non-hydrogen) atoms. The van der Waals surface area contributed by atoms with Crippen molar-refractivity contribution in [2.45, 2.75) is 11.8 Å². The van der Waals surface area contributed by atoms with Gasteiger partial charge in [0.25, 0.3) is 0 Å². The molecule has 6 heteroatoms. The highest BCUT2D eigenvalue weighted by Gasteiger charge is 2.09. The number of hydrogen-bond donors (Lipinski definition) is 1. The van der Waals surface area contributed by atoms with E-state index in [1.54, 1.807) is 0 Å². The van der Waals surface area contributed by atoms with Crippen LogP contribution in [0, 0.1) is 6.92 Å². The van der Waals surface area contributed by atoms with E-state index in [2.05, 4.69) is 10.3 Å². The van der Waals surface area contributed by atoms with Crippen LogP contribution in [0.4, 0.5) is 5.69 Å². The molecule has 0 saturated carbocycles. The third kappa shape index (κ3) is 4.38. The molecule has 0 aliphatic rings. The highest BCUT2D eigenvalue weighted by Crippen LogP contribution is 2.26. The molecule has 0 aliphatic heterocycles. The Labute approximate surface area is 171 Å². The summed E-state index contributed by atoms with van der Waals surface area (Å²) in [4.78, 5) is 17.7. The van der Waals surface area contributed by atoms with Crippen LogP contribution in [0.1, 0.15) is 5.56 Å². The van der Waals surface area contributed by atoms with Gasteiger partial charge in [-0.05, 0) is 73.2 Å². The Kier molecular flexibility index (Phi) is 5.37. The third-order valence-electron chi connectivity index (χ3n) is 4.14. The fourth-order valence-corrected chi connectivity index (χ4v) is 3.56. The van der Waals surface area contributed by atoms with Crippen LogP contribution in [0.2, 0.25) is 5.02 Å². The second kappa shape index (κ2) is 8.09. The first-order valence-electron chi connectivity index (χ1n) is 8.73. The molecule has 0 atom stereocenters. The Bertz CT molecular complexity index is 1120. The molecule has 0 bridgehead atoms. The molecule has 3 aromatic carbocycles. The lowest BCUT2D eigenvalue weighted by atomic mass is 10.2. The smallest absolute Gasteiger partial charge is 0.234 e. The largest absolute Gasteiger partial charge is 0.436 e. The fourth-order valence-electron chi connectivity index (χ4n) is 2.73. The Morgan fingerprint density at radius 1 is 1.07 bits per heavy atom. The van der Waals surface area contributed by atoms with E-state index >= 15 is 0 Å². The molecule has 0 radical (unpaired) electrons. The molecule has 1 amide bonds. The number of amides is 1. The number of oxazole rings is 1. The Balaban J connectivity index is 1.39.